The molecule has 10 nitrogen and oxygen atoms in total. The van der Waals surface area contributed by atoms with E-state index in [1.54, 1.807) is 13.8 Å². The highest BCUT2D eigenvalue weighted by Gasteiger charge is 2.33. The van der Waals surface area contributed by atoms with Crippen LogP contribution in [0, 0.1) is 24.0 Å². The van der Waals surface area contributed by atoms with Gasteiger partial charge in [0.15, 0.2) is 0 Å². The van der Waals surface area contributed by atoms with E-state index in [1.165, 1.54) is 30.3 Å². The molecule has 1 heterocycles. The van der Waals surface area contributed by atoms with Crippen LogP contribution >= 0.6 is 0 Å². The van der Waals surface area contributed by atoms with Crippen LogP contribution in [0.3, 0.4) is 0 Å². The van der Waals surface area contributed by atoms with Gasteiger partial charge >= 0.3 is 0 Å². The van der Waals surface area contributed by atoms with Crippen molar-refractivity contribution >= 4 is 25.7 Å². The molecule has 0 amide bonds. The smallest absolute Gasteiger partial charge is 0.258 e. The topological polar surface area (TPSA) is 132 Å². The molecule has 0 spiro atoms. The van der Waals surface area contributed by atoms with Gasteiger partial charge in [-0.05, 0) is 19.9 Å². The molecule has 2 aromatic rings. The average molecular weight is 416 g/mol. The van der Waals surface area contributed by atoms with Crippen LogP contribution in [0.15, 0.2) is 34.1 Å². The highest BCUT2D eigenvalue weighted by molar-refractivity contribution is 7.90. The summed E-state index contributed by atoms with van der Waals surface area (Å²) in [6.07, 6.45) is 0. The fraction of sp³-hybridized carbons (Fsp3) is 0.400. The molecular formula is C15H20N4O6S2. The van der Waals surface area contributed by atoms with E-state index in [4.69, 9.17) is 0 Å². The fourth-order valence-electron chi connectivity index (χ4n) is 2.76. The summed E-state index contributed by atoms with van der Waals surface area (Å²) in [5, 5.41) is 14.8. The van der Waals surface area contributed by atoms with Crippen LogP contribution in [0.1, 0.15) is 25.2 Å². The highest BCUT2D eigenvalue weighted by Crippen LogP contribution is 2.27. The van der Waals surface area contributed by atoms with Gasteiger partial charge in [0.2, 0.25) is 10.0 Å². The number of nitro benzene ring substituents is 1. The van der Waals surface area contributed by atoms with Gasteiger partial charge in [0, 0.05) is 25.2 Å². The lowest BCUT2D eigenvalue weighted by atomic mass is 10.3. The molecule has 12 heteroatoms. The lowest BCUT2D eigenvalue weighted by molar-refractivity contribution is -0.385. The number of non-ortho nitro benzene ring substituents is 1. The number of nitrogens with zero attached hydrogens (tertiary/aromatic N) is 4. The predicted octanol–water partition coefficient (Wildman–Crippen LogP) is 1.68. The minimum absolute atomic E-state index is 0.0356. The van der Waals surface area contributed by atoms with E-state index in [0.29, 0.717) is 4.09 Å². The SMILES string of the molecule is CCN(CC)S(=O)(=O)c1c(C)nn(S(=O)(=O)c2cccc([N+](=O)[O-])c2)c1C. The van der Waals surface area contributed by atoms with Crippen LogP contribution in [0.25, 0.3) is 0 Å². The van der Waals surface area contributed by atoms with Gasteiger partial charge in [0.1, 0.15) is 4.90 Å². The van der Waals surface area contributed by atoms with Crippen molar-refractivity contribution in [2.45, 2.75) is 37.5 Å². The molecule has 0 atom stereocenters. The van der Waals surface area contributed by atoms with E-state index in [-0.39, 0.29) is 34.3 Å². The molecule has 2 rings (SSSR count). The number of hydrogen-bond donors (Lipinski definition) is 0. The second kappa shape index (κ2) is 7.37. The Labute approximate surface area is 157 Å². The van der Waals surface area contributed by atoms with E-state index in [0.717, 1.165) is 12.1 Å². The Bertz CT molecular complexity index is 1090. The maximum Gasteiger partial charge on any atom is 0.283 e. The Kier molecular flexibility index (Phi) is 5.73. The van der Waals surface area contributed by atoms with E-state index in [9.17, 15) is 26.9 Å². The number of sulfonamides is 1. The second-order valence-corrected chi connectivity index (χ2v) is 9.33. The van der Waals surface area contributed by atoms with Crippen molar-refractivity contribution in [2.24, 2.45) is 0 Å². The number of aromatic nitrogens is 2. The van der Waals surface area contributed by atoms with Crippen molar-refractivity contribution in [1.82, 2.24) is 13.5 Å². The third-order valence-electron chi connectivity index (χ3n) is 4.04. The molecule has 0 fully saturated rings. The first-order chi connectivity index (χ1) is 12.5. The Morgan fingerprint density at radius 2 is 1.74 bits per heavy atom. The van der Waals surface area contributed by atoms with E-state index in [2.05, 4.69) is 5.10 Å². The first kappa shape index (κ1) is 21.0. The van der Waals surface area contributed by atoms with Gasteiger partial charge in [0.05, 0.1) is 21.2 Å². The minimum atomic E-state index is -4.31. The quantitative estimate of drug-likeness (QED) is 0.495. The zero-order valence-corrected chi connectivity index (χ0v) is 16.9. The third kappa shape index (κ3) is 3.59. The number of nitro groups is 1. The lowest BCUT2D eigenvalue weighted by Gasteiger charge is -2.18. The molecule has 0 saturated heterocycles. The summed E-state index contributed by atoms with van der Waals surface area (Å²) in [5.41, 5.74) is -0.437. The van der Waals surface area contributed by atoms with Crippen molar-refractivity contribution in [1.29, 1.82) is 0 Å². The molecule has 0 unspecified atom stereocenters. The molecule has 0 aliphatic carbocycles. The number of benzene rings is 1. The normalized spacial score (nSPS) is 12.5. The molecule has 0 aliphatic rings. The molecular weight excluding hydrogens is 396 g/mol. The van der Waals surface area contributed by atoms with Crippen molar-refractivity contribution < 1.29 is 21.8 Å². The molecule has 0 radical (unpaired) electrons. The Balaban J connectivity index is 2.68. The summed E-state index contributed by atoms with van der Waals surface area (Å²) in [7, 11) is -8.24. The van der Waals surface area contributed by atoms with Gasteiger partial charge in [-0.2, -0.15) is 21.9 Å². The van der Waals surface area contributed by atoms with Crippen LogP contribution in [0.2, 0.25) is 0 Å². The molecule has 0 N–H and O–H groups in total. The number of hydrogen-bond acceptors (Lipinski definition) is 7. The van der Waals surface area contributed by atoms with Gasteiger partial charge in [-0.15, -0.1) is 0 Å². The van der Waals surface area contributed by atoms with E-state index >= 15 is 0 Å². The molecule has 1 aromatic heterocycles. The first-order valence-corrected chi connectivity index (χ1v) is 10.9. The van der Waals surface area contributed by atoms with Crippen LogP contribution in [-0.2, 0) is 20.0 Å². The molecule has 27 heavy (non-hydrogen) atoms. The minimum Gasteiger partial charge on any atom is -0.258 e. The Morgan fingerprint density at radius 1 is 1.15 bits per heavy atom. The lowest BCUT2D eigenvalue weighted by Crippen LogP contribution is -2.31. The number of aryl methyl sites for hydroxylation is 1. The first-order valence-electron chi connectivity index (χ1n) is 8.04. The summed E-state index contributed by atoms with van der Waals surface area (Å²) in [6.45, 7) is 6.54. The summed E-state index contributed by atoms with van der Waals surface area (Å²) < 4.78 is 53.3. The van der Waals surface area contributed by atoms with Crippen molar-refractivity contribution in [3.63, 3.8) is 0 Å². The molecule has 0 bridgehead atoms. The van der Waals surface area contributed by atoms with Gasteiger partial charge < -0.3 is 0 Å². The number of rotatable bonds is 7. The Morgan fingerprint density at radius 3 is 2.26 bits per heavy atom. The summed E-state index contributed by atoms with van der Waals surface area (Å²) in [6, 6.07) is 4.50. The monoisotopic (exact) mass is 416 g/mol. The molecule has 0 aliphatic heterocycles. The highest BCUT2D eigenvalue weighted by atomic mass is 32.2. The van der Waals surface area contributed by atoms with Gasteiger partial charge in [-0.1, -0.05) is 19.9 Å². The van der Waals surface area contributed by atoms with E-state index in [1.807, 2.05) is 0 Å². The van der Waals surface area contributed by atoms with Crippen molar-refractivity contribution in [2.75, 3.05) is 13.1 Å². The van der Waals surface area contributed by atoms with Crippen molar-refractivity contribution in [3.8, 4) is 0 Å². The average Bonchev–Trinajstić information content (AvgIpc) is 2.91. The molecule has 1 aromatic carbocycles. The largest absolute Gasteiger partial charge is 0.283 e. The summed E-state index contributed by atoms with van der Waals surface area (Å²) in [5.74, 6) is 0. The molecule has 148 valence electrons. The van der Waals surface area contributed by atoms with Crippen LogP contribution in [0.5, 0.6) is 0 Å². The zero-order valence-electron chi connectivity index (χ0n) is 15.3. The fourth-order valence-corrected chi connectivity index (χ4v) is 6.03. The standard InChI is InChI=1S/C15H20N4O6S2/c1-5-17(6-2)27(24,25)15-11(3)16-18(12(15)4)26(22,23)14-9-7-8-13(10-14)19(20)21/h7-10H,5-6H2,1-4H3. The van der Waals surface area contributed by atoms with Crippen LogP contribution in [-0.4, -0.2) is 48.3 Å². The van der Waals surface area contributed by atoms with Gasteiger partial charge in [0.25, 0.3) is 15.7 Å². The second-order valence-electron chi connectivity index (χ2n) is 5.69. The predicted molar refractivity (Wildman–Crippen MR) is 97.5 cm³/mol. The van der Waals surface area contributed by atoms with Crippen LogP contribution in [0.4, 0.5) is 5.69 Å². The van der Waals surface area contributed by atoms with Crippen LogP contribution < -0.4 is 0 Å². The maximum absolute atomic E-state index is 12.9. The zero-order chi connectivity index (χ0) is 20.6. The summed E-state index contributed by atoms with van der Waals surface area (Å²) in [4.78, 5) is 9.67. The summed E-state index contributed by atoms with van der Waals surface area (Å²) >= 11 is 0. The van der Waals surface area contributed by atoms with E-state index < -0.39 is 30.7 Å². The Hall–Kier alpha value is -2.31. The molecule has 0 saturated carbocycles. The third-order valence-corrected chi connectivity index (χ3v) is 8.01. The van der Waals surface area contributed by atoms with Crippen molar-refractivity contribution in [3.05, 3.63) is 45.8 Å². The van der Waals surface area contributed by atoms with Gasteiger partial charge in [-0.25, -0.2) is 8.42 Å². The maximum atomic E-state index is 12.9. The van der Waals surface area contributed by atoms with Gasteiger partial charge in [-0.3, -0.25) is 10.1 Å².